The van der Waals surface area contributed by atoms with Gasteiger partial charge in [-0.05, 0) is 49.4 Å². The molecule has 2 amide bonds. The summed E-state index contributed by atoms with van der Waals surface area (Å²) in [6.07, 6.45) is 0. The topological polar surface area (TPSA) is 71.8 Å². The number of amides is 2. The van der Waals surface area contributed by atoms with Gasteiger partial charge in [0, 0.05) is 28.7 Å². The van der Waals surface area contributed by atoms with Crippen LogP contribution in [-0.2, 0) is 4.79 Å². The summed E-state index contributed by atoms with van der Waals surface area (Å²) in [5, 5.41) is 4.11. The maximum absolute atomic E-state index is 12.7. The lowest BCUT2D eigenvalue weighted by Crippen LogP contribution is -2.35. The molecule has 0 spiro atoms. The van der Waals surface area contributed by atoms with Crippen LogP contribution in [0.4, 0.5) is 5.69 Å². The van der Waals surface area contributed by atoms with E-state index in [0.29, 0.717) is 27.6 Å². The smallest absolute Gasteiger partial charge is 0.290 e. The van der Waals surface area contributed by atoms with Crippen LogP contribution >= 0.6 is 11.6 Å². The Kier molecular flexibility index (Phi) is 5.37. The Morgan fingerprint density at radius 1 is 1.19 bits per heavy atom. The van der Waals surface area contributed by atoms with Gasteiger partial charge in [-0.2, -0.15) is 0 Å². The molecule has 0 aliphatic carbocycles. The minimum absolute atomic E-state index is 0.110. The van der Waals surface area contributed by atoms with Gasteiger partial charge in [-0.15, -0.1) is 0 Å². The van der Waals surface area contributed by atoms with E-state index < -0.39 is 0 Å². The third-order valence-corrected chi connectivity index (χ3v) is 4.45. The van der Waals surface area contributed by atoms with Crippen LogP contribution in [0.3, 0.4) is 0 Å². The number of furan rings is 1. The van der Waals surface area contributed by atoms with E-state index in [9.17, 15) is 9.59 Å². The highest BCUT2D eigenvalue weighted by atomic mass is 35.5. The quantitative estimate of drug-likeness (QED) is 0.716. The first kappa shape index (κ1) is 18.8. The Morgan fingerprint density at radius 2 is 1.89 bits per heavy atom. The number of fused-ring (bicyclic) bond motifs is 1. The molecule has 27 heavy (non-hydrogen) atoms. The zero-order valence-electron chi connectivity index (χ0n) is 15.2. The van der Waals surface area contributed by atoms with E-state index in [2.05, 4.69) is 5.32 Å². The number of halogens is 1. The summed E-state index contributed by atoms with van der Waals surface area (Å²) < 4.78 is 10.9. The first-order valence-electron chi connectivity index (χ1n) is 8.27. The van der Waals surface area contributed by atoms with Crippen LogP contribution in [0.5, 0.6) is 5.75 Å². The van der Waals surface area contributed by atoms with Crippen molar-refractivity contribution >= 4 is 40.1 Å². The molecular weight excluding hydrogens is 368 g/mol. The van der Waals surface area contributed by atoms with Crippen LogP contribution in [0.15, 0.2) is 46.9 Å². The number of carbonyl (C=O) groups excluding carboxylic acids is 2. The number of ether oxygens (including phenoxy) is 1. The fourth-order valence-electron chi connectivity index (χ4n) is 2.73. The lowest BCUT2D eigenvalue weighted by atomic mass is 10.1. The molecule has 3 rings (SSSR count). The van der Waals surface area contributed by atoms with E-state index in [-0.39, 0.29) is 24.1 Å². The summed E-state index contributed by atoms with van der Waals surface area (Å²) in [7, 11) is 3.13. The van der Waals surface area contributed by atoms with Crippen LogP contribution in [0.25, 0.3) is 11.0 Å². The van der Waals surface area contributed by atoms with Crippen LogP contribution < -0.4 is 10.1 Å². The van der Waals surface area contributed by atoms with Crippen molar-refractivity contribution in [3.63, 3.8) is 0 Å². The molecule has 1 heterocycles. The lowest BCUT2D eigenvalue weighted by molar-refractivity contribution is -0.116. The number of likely N-dealkylation sites (N-methyl/N-ethyl adjacent to an activating group) is 1. The zero-order valence-corrected chi connectivity index (χ0v) is 16.0. The summed E-state index contributed by atoms with van der Waals surface area (Å²) in [6, 6.07) is 12.1. The van der Waals surface area contributed by atoms with Crippen molar-refractivity contribution in [3.05, 3.63) is 58.8 Å². The van der Waals surface area contributed by atoms with Crippen molar-refractivity contribution in [2.24, 2.45) is 0 Å². The number of aryl methyl sites for hydroxylation is 1. The molecule has 0 aliphatic rings. The third kappa shape index (κ3) is 4.06. The highest BCUT2D eigenvalue weighted by molar-refractivity contribution is 6.30. The Bertz CT molecular complexity index is 995. The number of benzene rings is 2. The number of hydrogen-bond acceptors (Lipinski definition) is 4. The first-order valence-corrected chi connectivity index (χ1v) is 8.65. The average molecular weight is 387 g/mol. The van der Waals surface area contributed by atoms with Crippen molar-refractivity contribution in [3.8, 4) is 5.75 Å². The maximum atomic E-state index is 12.7. The van der Waals surface area contributed by atoms with E-state index in [1.807, 2.05) is 6.07 Å². The van der Waals surface area contributed by atoms with Crippen LogP contribution in [0.1, 0.15) is 16.1 Å². The molecule has 0 radical (unpaired) electrons. The Morgan fingerprint density at radius 3 is 2.56 bits per heavy atom. The predicted octanol–water partition coefficient (Wildman–Crippen LogP) is 4.11. The molecule has 2 aromatic carbocycles. The highest BCUT2D eigenvalue weighted by Crippen LogP contribution is 2.29. The van der Waals surface area contributed by atoms with E-state index in [0.717, 1.165) is 5.39 Å². The maximum Gasteiger partial charge on any atom is 0.290 e. The highest BCUT2D eigenvalue weighted by Gasteiger charge is 2.22. The van der Waals surface area contributed by atoms with Crippen molar-refractivity contribution in [2.75, 3.05) is 26.0 Å². The summed E-state index contributed by atoms with van der Waals surface area (Å²) in [5.41, 5.74) is 1.91. The van der Waals surface area contributed by atoms with E-state index in [4.69, 9.17) is 20.8 Å². The molecular formula is C20H19ClN2O4. The zero-order chi connectivity index (χ0) is 19.6. The van der Waals surface area contributed by atoms with Gasteiger partial charge in [0.05, 0.1) is 13.7 Å². The van der Waals surface area contributed by atoms with Gasteiger partial charge in [0.25, 0.3) is 5.91 Å². The van der Waals surface area contributed by atoms with E-state index >= 15 is 0 Å². The molecule has 0 fully saturated rings. The van der Waals surface area contributed by atoms with Gasteiger partial charge in [-0.25, -0.2) is 0 Å². The number of methoxy groups -OCH3 is 1. The minimum atomic E-state index is -0.367. The minimum Gasteiger partial charge on any atom is -0.497 e. The van der Waals surface area contributed by atoms with Gasteiger partial charge in [0.1, 0.15) is 11.3 Å². The van der Waals surface area contributed by atoms with Gasteiger partial charge < -0.3 is 19.4 Å². The molecule has 1 aromatic heterocycles. The number of hydrogen-bond donors (Lipinski definition) is 1. The third-order valence-electron chi connectivity index (χ3n) is 4.19. The molecule has 0 atom stereocenters. The fourth-order valence-corrected chi connectivity index (χ4v) is 2.85. The van der Waals surface area contributed by atoms with E-state index in [1.54, 1.807) is 57.5 Å². The second-order valence-electron chi connectivity index (χ2n) is 6.13. The van der Waals surface area contributed by atoms with Crippen molar-refractivity contribution in [2.45, 2.75) is 6.92 Å². The van der Waals surface area contributed by atoms with Crippen LogP contribution in [0.2, 0.25) is 5.02 Å². The van der Waals surface area contributed by atoms with Crippen molar-refractivity contribution < 1.29 is 18.7 Å². The van der Waals surface area contributed by atoms with Gasteiger partial charge in [-0.1, -0.05) is 11.6 Å². The van der Waals surface area contributed by atoms with Gasteiger partial charge in [-0.3, -0.25) is 9.59 Å². The Balaban J connectivity index is 1.73. The molecule has 0 bridgehead atoms. The Hall–Kier alpha value is -2.99. The molecule has 0 unspecified atom stereocenters. The van der Waals surface area contributed by atoms with Crippen LogP contribution in [0, 0.1) is 6.92 Å². The molecule has 7 heteroatoms. The summed E-state index contributed by atoms with van der Waals surface area (Å²) in [4.78, 5) is 26.2. The molecule has 1 N–H and O–H groups in total. The molecule has 140 valence electrons. The largest absolute Gasteiger partial charge is 0.497 e. The second kappa shape index (κ2) is 7.72. The summed E-state index contributed by atoms with van der Waals surface area (Å²) in [5.74, 6) is 0.207. The Labute approximate surface area is 161 Å². The monoisotopic (exact) mass is 386 g/mol. The van der Waals surface area contributed by atoms with Crippen molar-refractivity contribution in [1.82, 2.24) is 4.90 Å². The second-order valence-corrected chi connectivity index (χ2v) is 6.57. The number of anilines is 1. The lowest BCUT2D eigenvalue weighted by Gasteiger charge is -2.16. The number of nitrogens with zero attached hydrogens (tertiary/aromatic N) is 1. The number of carbonyl (C=O) groups is 2. The summed E-state index contributed by atoms with van der Waals surface area (Å²) in [6.45, 7) is 1.70. The average Bonchev–Trinajstić information content (AvgIpc) is 2.99. The normalized spacial score (nSPS) is 10.7. The standard InChI is InChI=1S/C20H19ClN2O4/c1-12-16-10-15(26-3)8-9-17(16)27-19(12)20(25)23(2)11-18(24)22-14-6-4-13(21)5-7-14/h4-10H,11H2,1-3H3,(H,22,24). The predicted molar refractivity (Wildman–Crippen MR) is 105 cm³/mol. The fraction of sp³-hybridized carbons (Fsp3) is 0.200. The molecule has 0 saturated carbocycles. The number of rotatable bonds is 5. The first-order chi connectivity index (χ1) is 12.9. The number of nitrogens with one attached hydrogen (secondary N) is 1. The van der Waals surface area contributed by atoms with E-state index in [1.165, 1.54) is 4.90 Å². The molecule has 0 aliphatic heterocycles. The molecule has 0 saturated heterocycles. The van der Waals surface area contributed by atoms with Crippen molar-refractivity contribution in [1.29, 1.82) is 0 Å². The van der Waals surface area contributed by atoms with Crippen LogP contribution in [-0.4, -0.2) is 37.4 Å². The SMILES string of the molecule is COc1ccc2oc(C(=O)N(C)CC(=O)Nc3ccc(Cl)cc3)c(C)c2c1. The summed E-state index contributed by atoms with van der Waals surface area (Å²) >= 11 is 5.83. The van der Waals surface area contributed by atoms with Gasteiger partial charge >= 0.3 is 0 Å². The van der Waals surface area contributed by atoms with Gasteiger partial charge in [0.15, 0.2) is 5.76 Å². The van der Waals surface area contributed by atoms with Gasteiger partial charge in [0.2, 0.25) is 5.91 Å². The molecule has 3 aromatic rings. The molecule has 6 nitrogen and oxygen atoms in total.